The number of nitrogens with zero attached hydrogens (tertiary/aromatic N) is 3. The molecule has 8 aromatic rings. The Labute approximate surface area is 205 Å². The minimum atomic E-state index is 0.996. The summed E-state index contributed by atoms with van der Waals surface area (Å²) >= 11 is 1.86. The second kappa shape index (κ2) is 7.05. The lowest BCUT2D eigenvalue weighted by Crippen LogP contribution is -1.98. The minimum Gasteiger partial charge on any atom is -0.303 e. The van der Waals surface area contributed by atoms with Gasteiger partial charge in [-0.25, -0.2) is 4.98 Å². The number of pyridine rings is 2. The Balaban J connectivity index is 1.57. The lowest BCUT2D eigenvalue weighted by atomic mass is 10.1. The lowest BCUT2D eigenvalue weighted by Gasteiger charge is -2.08. The third kappa shape index (κ3) is 2.63. The zero-order valence-corrected chi connectivity index (χ0v) is 19.5. The summed E-state index contributed by atoms with van der Waals surface area (Å²) in [6.45, 7) is 0. The van der Waals surface area contributed by atoms with Crippen LogP contribution in [0.3, 0.4) is 0 Å². The highest BCUT2D eigenvalue weighted by molar-refractivity contribution is 7.26. The zero-order chi connectivity index (χ0) is 22.9. The predicted molar refractivity (Wildman–Crippen MR) is 148 cm³/mol. The zero-order valence-electron chi connectivity index (χ0n) is 18.7. The maximum Gasteiger partial charge on any atom is 0.122 e. The molecule has 0 fully saturated rings. The van der Waals surface area contributed by atoms with Crippen molar-refractivity contribution in [3.05, 3.63) is 115 Å². The summed E-state index contributed by atoms with van der Waals surface area (Å²) in [5.41, 5.74) is 6.65. The van der Waals surface area contributed by atoms with E-state index in [1.165, 1.54) is 36.6 Å². The first-order chi connectivity index (χ1) is 17.4. The summed E-state index contributed by atoms with van der Waals surface area (Å²) < 4.78 is 7.22. The normalized spacial score (nSPS) is 12.0. The van der Waals surface area contributed by atoms with Gasteiger partial charge in [-0.05, 0) is 48.5 Å². The smallest absolute Gasteiger partial charge is 0.122 e. The number of rotatable bonds is 2. The van der Waals surface area contributed by atoms with Gasteiger partial charge < -0.3 is 4.40 Å². The maximum atomic E-state index is 5.28. The molecule has 0 radical (unpaired) electrons. The van der Waals surface area contributed by atoms with Gasteiger partial charge in [-0.1, -0.05) is 60.7 Å². The van der Waals surface area contributed by atoms with Gasteiger partial charge in [0.25, 0.3) is 0 Å². The summed E-state index contributed by atoms with van der Waals surface area (Å²) in [7, 11) is 0. The molecule has 0 atom stereocenters. The molecule has 0 aliphatic rings. The molecule has 0 saturated carbocycles. The van der Waals surface area contributed by atoms with Crippen LogP contribution in [-0.2, 0) is 0 Å². The molecule has 164 valence electrons. The first-order valence-electron chi connectivity index (χ1n) is 11.7. The van der Waals surface area contributed by atoms with Gasteiger partial charge in [-0.15, -0.1) is 11.3 Å². The lowest BCUT2D eigenvalue weighted by molar-refractivity contribution is 1.04. The Morgan fingerprint density at radius 2 is 1.46 bits per heavy atom. The Kier molecular flexibility index (Phi) is 3.82. The van der Waals surface area contributed by atoms with Crippen molar-refractivity contribution in [2.75, 3.05) is 0 Å². The number of benzene rings is 3. The van der Waals surface area contributed by atoms with Crippen molar-refractivity contribution >= 4 is 59.0 Å². The van der Waals surface area contributed by atoms with E-state index >= 15 is 0 Å². The van der Waals surface area contributed by atoms with Gasteiger partial charge in [0.15, 0.2) is 0 Å². The highest BCUT2D eigenvalue weighted by Crippen LogP contribution is 2.43. The van der Waals surface area contributed by atoms with E-state index in [1.807, 2.05) is 17.4 Å². The van der Waals surface area contributed by atoms with Crippen LogP contribution in [0.5, 0.6) is 0 Å². The summed E-state index contributed by atoms with van der Waals surface area (Å²) in [5, 5.41) is 3.83. The fraction of sp³-hybridized carbons (Fsp3) is 0. The molecule has 8 rings (SSSR count). The average molecular weight is 466 g/mol. The maximum absolute atomic E-state index is 5.28. The molecule has 3 nitrogen and oxygen atoms in total. The molecule has 0 aliphatic carbocycles. The molecule has 0 bridgehead atoms. The monoisotopic (exact) mass is 465 g/mol. The number of fused-ring (bicyclic) bond motifs is 8. The van der Waals surface area contributed by atoms with Crippen molar-refractivity contribution in [2.24, 2.45) is 0 Å². The largest absolute Gasteiger partial charge is 0.303 e. The van der Waals surface area contributed by atoms with Gasteiger partial charge in [0.2, 0.25) is 0 Å². The van der Waals surface area contributed by atoms with Crippen LogP contribution in [0.2, 0.25) is 0 Å². The Hall–Kier alpha value is -4.41. The van der Waals surface area contributed by atoms with E-state index < -0.39 is 0 Å². The van der Waals surface area contributed by atoms with E-state index in [0.29, 0.717) is 0 Å². The SMILES string of the molecule is c1ccc(-c2ccc3c(n2)c2c4sc5ccccc5c4ccc2n3-c2ccc3ccccn23)cc1. The van der Waals surface area contributed by atoms with Gasteiger partial charge in [0.05, 0.1) is 22.2 Å². The fourth-order valence-corrected chi connectivity index (χ4v) is 6.63. The molecule has 5 aromatic heterocycles. The van der Waals surface area contributed by atoms with Crippen LogP contribution in [-0.4, -0.2) is 14.0 Å². The summed E-state index contributed by atoms with van der Waals surface area (Å²) in [5.74, 6) is 1.12. The molecule has 0 saturated heterocycles. The number of hydrogen-bond donors (Lipinski definition) is 0. The fourth-order valence-electron chi connectivity index (χ4n) is 5.38. The number of aromatic nitrogens is 3. The molecular formula is C31H19N3S. The van der Waals surface area contributed by atoms with Crippen LogP contribution in [0.25, 0.3) is 64.7 Å². The van der Waals surface area contributed by atoms with Crippen LogP contribution in [0.15, 0.2) is 115 Å². The van der Waals surface area contributed by atoms with Crippen LogP contribution in [0, 0.1) is 0 Å². The van der Waals surface area contributed by atoms with Crippen molar-refractivity contribution in [1.29, 1.82) is 0 Å². The van der Waals surface area contributed by atoms with E-state index in [1.54, 1.807) is 0 Å². The highest BCUT2D eigenvalue weighted by atomic mass is 32.1. The molecule has 3 aromatic carbocycles. The van der Waals surface area contributed by atoms with Crippen LogP contribution < -0.4 is 0 Å². The van der Waals surface area contributed by atoms with E-state index in [-0.39, 0.29) is 0 Å². The van der Waals surface area contributed by atoms with Crippen LogP contribution in [0.1, 0.15) is 0 Å². The molecule has 0 aliphatic heterocycles. The topological polar surface area (TPSA) is 22.2 Å². The molecule has 0 N–H and O–H groups in total. The average Bonchev–Trinajstić information content (AvgIpc) is 3.60. The third-order valence-corrected chi connectivity index (χ3v) is 8.16. The first kappa shape index (κ1) is 19.0. The van der Waals surface area contributed by atoms with Crippen molar-refractivity contribution < 1.29 is 0 Å². The molecular weight excluding hydrogens is 446 g/mol. The summed E-state index contributed by atoms with van der Waals surface area (Å²) in [6, 6.07) is 38.7. The Morgan fingerprint density at radius 1 is 0.629 bits per heavy atom. The molecule has 4 heteroatoms. The molecule has 0 amide bonds. The van der Waals surface area contributed by atoms with Crippen molar-refractivity contribution in [3.8, 4) is 17.1 Å². The second-order valence-corrected chi connectivity index (χ2v) is 9.94. The van der Waals surface area contributed by atoms with Crippen LogP contribution in [0.4, 0.5) is 0 Å². The molecule has 35 heavy (non-hydrogen) atoms. The Morgan fingerprint density at radius 3 is 2.40 bits per heavy atom. The number of thiophene rings is 1. The van der Waals surface area contributed by atoms with E-state index in [2.05, 4.69) is 118 Å². The van der Waals surface area contributed by atoms with E-state index in [0.717, 1.165) is 28.1 Å². The van der Waals surface area contributed by atoms with Gasteiger partial charge in [-0.2, -0.15) is 0 Å². The summed E-state index contributed by atoms with van der Waals surface area (Å²) in [6.07, 6.45) is 2.13. The van der Waals surface area contributed by atoms with E-state index in [9.17, 15) is 0 Å². The van der Waals surface area contributed by atoms with Gasteiger partial charge in [0, 0.05) is 42.8 Å². The molecule has 0 unspecified atom stereocenters. The van der Waals surface area contributed by atoms with Gasteiger partial charge in [-0.3, -0.25) is 4.57 Å². The van der Waals surface area contributed by atoms with Gasteiger partial charge in [0.1, 0.15) is 5.82 Å². The van der Waals surface area contributed by atoms with Crippen LogP contribution >= 0.6 is 11.3 Å². The predicted octanol–water partition coefficient (Wildman–Crippen LogP) is 8.47. The molecule has 0 spiro atoms. The third-order valence-electron chi connectivity index (χ3n) is 6.96. The first-order valence-corrected chi connectivity index (χ1v) is 12.6. The second-order valence-electron chi connectivity index (χ2n) is 8.89. The quantitative estimate of drug-likeness (QED) is 0.251. The minimum absolute atomic E-state index is 0.996. The standard InChI is InChI=1S/C31H19N3S/c1-2-8-20(9-3-1)24-15-17-26-30(32-24)29-25(34(26)28-18-13-21-10-6-7-19-33(21)28)16-14-23-22-11-4-5-12-27(22)35-31(23)29/h1-19H. The summed E-state index contributed by atoms with van der Waals surface area (Å²) in [4.78, 5) is 5.28. The highest BCUT2D eigenvalue weighted by Gasteiger charge is 2.20. The van der Waals surface area contributed by atoms with Crippen molar-refractivity contribution in [2.45, 2.75) is 0 Å². The molecule has 5 heterocycles. The van der Waals surface area contributed by atoms with Crippen molar-refractivity contribution in [3.63, 3.8) is 0 Å². The van der Waals surface area contributed by atoms with Crippen molar-refractivity contribution in [1.82, 2.24) is 14.0 Å². The van der Waals surface area contributed by atoms with E-state index in [4.69, 9.17) is 4.98 Å². The Bertz CT molecular complexity index is 2060. The number of hydrogen-bond acceptors (Lipinski definition) is 2. The van der Waals surface area contributed by atoms with Gasteiger partial charge >= 0.3 is 0 Å².